The standard InChI is InChI=1S/C20H22N2O3S/c1-2-25-16-10-7-14(8-11-16)9-12-19(23)21-22-20(24)18-13-15-5-3-4-6-17(15)26-18/h7-13H,2-6H2,1H3,(H,21,23)(H,22,24)/b12-9+. The highest BCUT2D eigenvalue weighted by atomic mass is 32.1. The zero-order valence-corrected chi connectivity index (χ0v) is 15.5. The van der Waals surface area contributed by atoms with E-state index >= 15 is 0 Å². The molecular weight excluding hydrogens is 348 g/mol. The summed E-state index contributed by atoms with van der Waals surface area (Å²) in [6.45, 7) is 2.54. The molecule has 1 aliphatic carbocycles. The van der Waals surface area contributed by atoms with Gasteiger partial charge in [0, 0.05) is 11.0 Å². The maximum Gasteiger partial charge on any atom is 0.279 e. The number of amides is 2. The minimum atomic E-state index is -0.381. The second kappa shape index (κ2) is 8.67. The Labute approximate surface area is 157 Å². The molecule has 1 aromatic carbocycles. The summed E-state index contributed by atoms with van der Waals surface area (Å²) in [7, 11) is 0. The highest BCUT2D eigenvalue weighted by Crippen LogP contribution is 2.29. The number of hydrogen-bond acceptors (Lipinski definition) is 4. The van der Waals surface area contributed by atoms with Gasteiger partial charge in [0.1, 0.15) is 5.75 Å². The predicted octanol–water partition coefficient (Wildman–Crippen LogP) is 3.50. The first-order valence-corrected chi connectivity index (χ1v) is 9.60. The number of rotatable bonds is 5. The third-order valence-electron chi connectivity index (χ3n) is 4.14. The van der Waals surface area contributed by atoms with Gasteiger partial charge in [-0.2, -0.15) is 0 Å². The number of aryl methyl sites for hydroxylation is 2. The van der Waals surface area contributed by atoms with Crippen LogP contribution in [0.15, 0.2) is 36.4 Å². The molecule has 3 rings (SSSR count). The number of carbonyl (C=O) groups excluding carboxylic acids is 2. The molecule has 0 fully saturated rings. The molecule has 0 saturated heterocycles. The van der Waals surface area contributed by atoms with Gasteiger partial charge in [-0.05, 0) is 68.0 Å². The van der Waals surface area contributed by atoms with Crippen molar-refractivity contribution in [2.75, 3.05) is 6.61 Å². The number of hydrogen-bond donors (Lipinski definition) is 2. The van der Waals surface area contributed by atoms with E-state index in [1.54, 1.807) is 6.08 Å². The lowest BCUT2D eigenvalue weighted by molar-refractivity contribution is -0.117. The Bertz CT molecular complexity index is 785. The molecule has 5 nitrogen and oxygen atoms in total. The molecule has 1 heterocycles. The number of thiophene rings is 1. The van der Waals surface area contributed by atoms with Gasteiger partial charge in [0.2, 0.25) is 0 Å². The molecule has 0 radical (unpaired) electrons. The highest BCUT2D eigenvalue weighted by Gasteiger charge is 2.17. The maximum absolute atomic E-state index is 12.2. The van der Waals surface area contributed by atoms with Gasteiger partial charge in [-0.1, -0.05) is 12.1 Å². The molecule has 2 aromatic rings. The molecular formula is C20H22N2O3S. The van der Waals surface area contributed by atoms with E-state index in [9.17, 15) is 9.59 Å². The molecule has 6 heteroatoms. The number of hydrazine groups is 1. The van der Waals surface area contributed by atoms with Crippen LogP contribution in [0.2, 0.25) is 0 Å². The Morgan fingerprint density at radius 3 is 2.65 bits per heavy atom. The zero-order chi connectivity index (χ0) is 18.4. The van der Waals surface area contributed by atoms with E-state index in [1.165, 1.54) is 40.7 Å². The van der Waals surface area contributed by atoms with Crippen LogP contribution in [0, 0.1) is 0 Å². The molecule has 0 bridgehead atoms. The van der Waals surface area contributed by atoms with Crippen molar-refractivity contribution >= 4 is 29.2 Å². The summed E-state index contributed by atoms with van der Waals surface area (Å²) >= 11 is 1.52. The van der Waals surface area contributed by atoms with Crippen molar-refractivity contribution in [3.05, 3.63) is 57.3 Å². The Morgan fingerprint density at radius 2 is 1.92 bits per heavy atom. The lowest BCUT2D eigenvalue weighted by atomic mass is 9.99. The van der Waals surface area contributed by atoms with Crippen molar-refractivity contribution in [3.63, 3.8) is 0 Å². The van der Waals surface area contributed by atoms with Crippen LogP contribution < -0.4 is 15.6 Å². The minimum absolute atomic E-state index is 0.271. The smallest absolute Gasteiger partial charge is 0.279 e. The highest BCUT2D eigenvalue weighted by molar-refractivity contribution is 7.14. The summed E-state index contributed by atoms with van der Waals surface area (Å²) in [5.74, 6) is 0.140. The largest absolute Gasteiger partial charge is 0.494 e. The summed E-state index contributed by atoms with van der Waals surface area (Å²) < 4.78 is 5.37. The number of nitrogens with one attached hydrogen (secondary N) is 2. The normalized spacial score (nSPS) is 13.3. The molecule has 0 aliphatic heterocycles. The number of ether oxygens (including phenoxy) is 1. The first kappa shape index (κ1) is 18.2. The Kier molecular flexibility index (Phi) is 6.07. The molecule has 2 amide bonds. The van der Waals surface area contributed by atoms with Crippen LogP contribution in [0.1, 0.15) is 45.4 Å². The van der Waals surface area contributed by atoms with Crippen LogP contribution in [-0.4, -0.2) is 18.4 Å². The second-order valence-corrected chi connectivity index (χ2v) is 7.18. The van der Waals surface area contributed by atoms with Crippen LogP contribution >= 0.6 is 11.3 Å². The summed E-state index contributed by atoms with van der Waals surface area (Å²) in [4.78, 5) is 26.0. The SMILES string of the molecule is CCOc1ccc(/C=C/C(=O)NNC(=O)c2cc3c(s2)CCCC3)cc1. The fourth-order valence-electron chi connectivity index (χ4n) is 2.84. The quantitative estimate of drug-likeness (QED) is 0.625. The summed E-state index contributed by atoms with van der Waals surface area (Å²) in [5.41, 5.74) is 7.04. The molecule has 1 aliphatic rings. The predicted molar refractivity (Wildman–Crippen MR) is 103 cm³/mol. The number of benzene rings is 1. The monoisotopic (exact) mass is 370 g/mol. The van der Waals surface area contributed by atoms with E-state index in [2.05, 4.69) is 10.9 Å². The van der Waals surface area contributed by atoms with Gasteiger partial charge < -0.3 is 4.74 Å². The number of fused-ring (bicyclic) bond motifs is 1. The van der Waals surface area contributed by atoms with Crippen LogP contribution in [0.4, 0.5) is 0 Å². The van der Waals surface area contributed by atoms with Crippen molar-refractivity contribution in [1.82, 2.24) is 10.9 Å². The van der Waals surface area contributed by atoms with Gasteiger partial charge in [-0.25, -0.2) is 0 Å². The average Bonchev–Trinajstić information content (AvgIpc) is 3.10. The topological polar surface area (TPSA) is 67.4 Å². The van der Waals surface area contributed by atoms with Crippen LogP contribution in [0.5, 0.6) is 5.75 Å². The van der Waals surface area contributed by atoms with Crippen LogP contribution in [-0.2, 0) is 17.6 Å². The molecule has 0 unspecified atom stereocenters. The maximum atomic E-state index is 12.2. The summed E-state index contributed by atoms with van der Waals surface area (Å²) in [6.07, 6.45) is 7.51. The fourth-order valence-corrected chi connectivity index (χ4v) is 3.99. The van der Waals surface area contributed by atoms with Crippen LogP contribution in [0.3, 0.4) is 0 Å². The molecule has 0 atom stereocenters. The van der Waals surface area contributed by atoms with Gasteiger partial charge in [-0.3, -0.25) is 20.4 Å². The fraction of sp³-hybridized carbons (Fsp3) is 0.300. The molecule has 0 saturated carbocycles. The number of carbonyl (C=O) groups is 2. The minimum Gasteiger partial charge on any atom is -0.494 e. The second-order valence-electron chi connectivity index (χ2n) is 6.04. The Hall–Kier alpha value is -2.60. The van der Waals surface area contributed by atoms with Gasteiger partial charge >= 0.3 is 0 Å². The van der Waals surface area contributed by atoms with E-state index in [0.717, 1.165) is 24.2 Å². The first-order chi connectivity index (χ1) is 12.7. The Morgan fingerprint density at radius 1 is 1.15 bits per heavy atom. The summed E-state index contributed by atoms with van der Waals surface area (Å²) in [5, 5.41) is 0. The molecule has 1 aromatic heterocycles. The van der Waals surface area contributed by atoms with Gasteiger partial charge in [0.15, 0.2) is 0 Å². The molecule has 26 heavy (non-hydrogen) atoms. The van der Waals surface area contributed by atoms with E-state index in [4.69, 9.17) is 4.74 Å². The van der Waals surface area contributed by atoms with Crippen molar-refractivity contribution in [3.8, 4) is 5.75 Å². The first-order valence-electron chi connectivity index (χ1n) is 8.78. The van der Waals surface area contributed by atoms with E-state index < -0.39 is 0 Å². The average molecular weight is 370 g/mol. The molecule has 136 valence electrons. The summed E-state index contributed by atoms with van der Waals surface area (Å²) in [6, 6.07) is 9.37. The van der Waals surface area contributed by atoms with Crippen molar-refractivity contribution in [2.45, 2.75) is 32.6 Å². The third kappa shape index (κ3) is 4.73. The van der Waals surface area contributed by atoms with Gasteiger partial charge in [0.05, 0.1) is 11.5 Å². The lowest BCUT2D eigenvalue weighted by Gasteiger charge is -2.08. The van der Waals surface area contributed by atoms with E-state index in [-0.39, 0.29) is 11.8 Å². The van der Waals surface area contributed by atoms with E-state index in [0.29, 0.717) is 11.5 Å². The van der Waals surface area contributed by atoms with Crippen molar-refractivity contribution in [2.24, 2.45) is 0 Å². The van der Waals surface area contributed by atoms with Crippen molar-refractivity contribution < 1.29 is 14.3 Å². The van der Waals surface area contributed by atoms with Gasteiger partial charge in [-0.15, -0.1) is 11.3 Å². The van der Waals surface area contributed by atoms with Crippen molar-refractivity contribution in [1.29, 1.82) is 0 Å². The lowest BCUT2D eigenvalue weighted by Crippen LogP contribution is -2.40. The molecule has 0 spiro atoms. The Balaban J connectivity index is 1.50. The van der Waals surface area contributed by atoms with Crippen LogP contribution in [0.25, 0.3) is 6.08 Å². The van der Waals surface area contributed by atoms with Gasteiger partial charge in [0.25, 0.3) is 11.8 Å². The molecule has 2 N–H and O–H groups in total. The van der Waals surface area contributed by atoms with E-state index in [1.807, 2.05) is 37.3 Å². The zero-order valence-electron chi connectivity index (χ0n) is 14.7. The third-order valence-corrected chi connectivity index (χ3v) is 5.37.